The predicted octanol–water partition coefficient (Wildman–Crippen LogP) is 3.91. The molecule has 1 amide bonds. The van der Waals surface area contributed by atoms with Gasteiger partial charge in [0.25, 0.3) is 5.91 Å². The largest absolute Gasteiger partial charge is 0.467 e. The first-order valence-electron chi connectivity index (χ1n) is 7.69. The van der Waals surface area contributed by atoms with Crippen LogP contribution in [0.1, 0.15) is 35.2 Å². The second-order valence-corrected chi connectivity index (χ2v) is 5.61. The van der Waals surface area contributed by atoms with Crippen LogP contribution in [0.5, 0.6) is 0 Å². The Hall–Kier alpha value is -2.82. The molecule has 3 aromatic rings. The van der Waals surface area contributed by atoms with Crippen LogP contribution in [0.2, 0.25) is 0 Å². The van der Waals surface area contributed by atoms with Crippen LogP contribution in [-0.4, -0.2) is 22.5 Å². The Morgan fingerprint density at radius 3 is 2.83 bits per heavy atom. The van der Waals surface area contributed by atoms with E-state index in [4.69, 9.17) is 8.94 Å². The van der Waals surface area contributed by atoms with Gasteiger partial charge in [0.15, 0.2) is 0 Å². The summed E-state index contributed by atoms with van der Waals surface area (Å²) in [5, 5.41) is 4.02. The van der Waals surface area contributed by atoms with Gasteiger partial charge in [-0.2, -0.15) is 0 Å². The molecule has 1 atom stereocenters. The van der Waals surface area contributed by atoms with Crippen molar-refractivity contribution in [1.82, 2.24) is 10.1 Å². The highest BCUT2D eigenvalue weighted by Gasteiger charge is 2.34. The third-order valence-electron chi connectivity index (χ3n) is 4.18. The number of likely N-dealkylation sites (tertiary alicyclic amines) is 1. The van der Waals surface area contributed by atoms with E-state index in [0.29, 0.717) is 12.2 Å². The molecule has 0 unspecified atom stereocenters. The Bertz CT molecular complexity index is 793. The highest BCUT2D eigenvalue weighted by Crippen LogP contribution is 2.33. The molecule has 0 N–H and O–H groups in total. The molecule has 5 nitrogen and oxygen atoms in total. The van der Waals surface area contributed by atoms with Crippen molar-refractivity contribution in [2.24, 2.45) is 0 Å². The zero-order valence-electron chi connectivity index (χ0n) is 12.5. The van der Waals surface area contributed by atoms with Crippen molar-refractivity contribution in [3.8, 4) is 11.3 Å². The Morgan fingerprint density at radius 2 is 2.04 bits per heavy atom. The number of hydrogen-bond acceptors (Lipinski definition) is 4. The van der Waals surface area contributed by atoms with Gasteiger partial charge >= 0.3 is 0 Å². The van der Waals surface area contributed by atoms with Gasteiger partial charge in [0.05, 0.1) is 12.3 Å². The number of amides is 1. The van der Waals surface area contributed by atoms with Gasteiger partial charge < -0.3 is 13.8 Å². The van der Waals surface area contributed by atoms with Gasteiger partial charge in [0, 0.05) is 18.2 Å². The van der Waals surface area contributed by atoms with Crippen molar-refractivity contribution < 1.29 is 13.7 Å². The number of aromatic nitrogens is 1. The van der Waals surface area contributed by atoms with Crippen molar-refractivity contribution in [2.75, 3.05) is 6.54 Å². The molecule has 1 saturated heterocycles. The first kappa shape index (κ1) is 13.8. The predicted molar refractivity (Wildman–Crippen MR) is 83.7 cm³/mol. The first-order chi connectivity index (χ1) is 11.3. The second-order valence-electron chi connectivity index (χ2n) is 5.61. The van der Waals surface area contributed by atoms with E-state index in [1.165, 1.54) is 0 Å². The highest BCUT2D eigenvalue weighted by atomic mass is 16.5. The van der Waals surface area contributed by atoms with Gasteiger partial charge in [-0.25, -0.2) is 0 Å². The minimum Gasteiger partial charge on any atom is -0.467 e. The first-order valence-corrected chi connectivity index (χ1v) is 7.69. The van der Waals surface area contributed by atoms with Crippen molar-refractivity contribution in [2.45, 2.75) is 18.9 Å². The average molecular weight is 308 g/mol. The lowest BCUT2D eigenvalue weighted by Gasteiger charge is -2.21. The van der Waals surface area contributed by atoms with E-state index in [0.717, 1.165) is 24.2 Å². The molecule has 2 aromatic heterocycles. The number of hydrogen-bond donors (Lipinski definition) is 0. The molecule has 0 bridgehead atoms. The smallest absolute Gasteiger partial charge is 0.293 e. The average Bonchev–Trinajstić information content (AvgIpc) is 3.34. The molecule has 116 valence electrons. The van der Waals surface area contributed by atoms with Crippen LogP contribution >= 0.6 is 0 Å². The third-order valence-corrected chi connectivity index (χ3v) is 4.18. The van der Waals surface area contributed by atoms with Crippen molar-refractivity contribution >= 4 is 5.91 Å². The van der Waals surface area contributed by atoms with Crippen molar-refractivity contribution in [3.63, 3.8) is 0 Å². The summed E-state index contributed by atoms with van der Waals surface area (Å²) in [5.41, 5.74) is 1.60. The molecule has 1 aliphatic rings. The fraction of sp³-hybridized carbons (Fsp3) is 0.222. The molecule has 23 heavy (non-hydrogen) atoms. The summed E-state index contributed by atoms with van der Waals surface area (Å²) in [5.74, 6) is 0.944. The fourth-order valence-electron chi connectivity index (χ4n) is 3.05. The lowest BCUT2D eigenvalue weighted by atomic mass is 10.1. The van der Waals surface area contributed by atoms with Gasteiger partial charge in [-0.15, -0.1) is 0 Å². The molecule has 0 aliphatic carbocycles. The van der Waals surface area contributed by atoms with Gasteiger partial charge in [-0.05, 0) is 25.0 Å². The minimum absolute atomic E-state index is 0.0252. The molecule has 0 radical (unpaired) electrons. The fourth-order valence-corrected chi connectivity index (χ4v) is 3.05. The van der Waals surface area contributed by atoms with E-state index in [-0.39, 0.29) is 17.7 Å². The number of benzene rings is 1. The molecule has 1 aromatic carbocycles. The molecular formula is C18H16N2O3. The zero-order valence-corrected chi connectivity index (χ0v) is 12.5. The van der Waals surface area contributed by atoms with Crippen LogP contribution in [0.25, 0.3) is 11.3 Å². The summed E-state index contributed by atoms with van der Waals surface area (Å²) in [4.78, 5) is 14.5. The van der Waals surface area contributed by atoms with Crippen LogP contribution in [-0.2, 0) is 0 Å². The topological polar surface area (TPSA) is 59.5 Å². The maximum absolute atomic E-state index is 12.7. The monoisotopic (exact) mass is 308 g/mol. The summed E-state index contributed by atoms with van der Waals surface area (Å²) < 4.78 is 10.8. The quantitative estimate of drug-likeness (QED) is 0.736. The van der Waals surface area contributed by atoms with Crippen molar-refractivity contribution in [1.29, 1.82) is 0 Å². The van der Waals surface area contributed by atoms with Gasteiger partial charge in [-0.1, -0.05) is 35.5 Å². The Labute approximate surface area is 133 Å². The highest BCUT2D eigenvalue weighted by molar-refractivity contribution is 5.92. The zero-order chi connectivity index (χ0) is 15.6. The summed E-state index contributed by atoms with van der Waals surface area (Å²) in [6.07, 6.45) is 3.49. The lowest BCUT2D eigenvalue weighted by Crippen LogP contribution is -2.30. The molecule has 0 saturated carbocycles. The molecular weight excluding hydrogens is 292 g/mol. The number of nitrogens with zero attached hydrogens (tertiary/aromatic N) is 2. The molecule has 1 fully saturated rings. The van der Waals surface area contributed by atoms with E-state index >= 15 is 0 Å². The van der Waals surface area contributed by atoms with Gasteiger partial charge in [0.2, 0.25) is 5.76 Å². The summed E-state index contributed by atoms with van der Waals surface area (Å²) in [6, 6.07) is 15.1. The van der Waals surface area contributed by atoms with E-state index in [1.807, 2.05) is 42.5 Å². The third kappa shape index (κ3) is 2.54. The van der Waals surface area contributed by atoms with E-state index in [1.54, 1.807) is 17.2 Å². The van der Waals surface area contributed by atoms with Gasteiger partial charge in [0.1, 0.15) is 11.5 Å². The lowest BCUT2D eigenvalue weighted by molar-refractivity contribution is 0.0677. The summed E-state index contributed by atoms with van der Waals surface area (Å²) in [6.45, 7) is 0.700. The van der Waals surface area contributed by atoms with Crippen LogP contribution in [0.4, 0.5) is 0 Å². The second kappa shape index (κ2) is 5.76. The van der Waals surface area contributed by atoms with Crippen molar-refractivity contribution in [3.05, 3.63) is 66.3 Å². The maximum atomic E-state index is 12.7. The molecule has 3 heterocycles. The Morgan fingerprint density at radius 1 is 1.17 bits per heavy atom. The minimum atomic E-state index is -0.140. The van der Waals surface area contributed by atoms with Crippen LogP contribution < -0.4 is 0 Å². The Balaban J connectivity index is 1.59. The van der Waals surface area contributed by atoms with Crippen LogP contribution in [0, 0.1) is 0 Å². The number of furan rings is 1. The number of carbonyl (C=O) groups excluding carboxylic acids is 1. The molecule has 4 rings (SSSR count). The van der Waals surface area contributed by atoms with Crippen LogP contribution in [0.3, 0.4) is 0 Å². The summed E-state index contributed by atoms with van der Waals surface area (Å²) in [7, 11) is 0. The van der Waals surface area contributed by atoms with E-state index in [9.17, 15) is 4.79 Å². The number of rotatable bonds is 3. The molecule has 5 heteroatoms. The number of carbonyl (C=O) groups is 1. The van der Waals surface area contributed by atoms with Gasteiger partial charge in [-0.3, -0.25) is 4.79 Å². The SMILES string of the molecule is O=C(c1cc(-c2ccccc2)no1)N1CCC[C@H]1c1ccco1. The molecule has 0 spiro atoms. The van der Waals surface area contributed by atoms with E-state index in [2.05, 4.69) is 5.16 Å². The molecule has 1 aliphatic heterocycles. The van der Waals surface area contributed by atoms with E-state index < -0.39 is 0 Å². The Kier molecular flexibility index (Phi) is 3.46. The summed E-state index contributed by atoms with van der Waals surface area (Å²) >= 11 is 0. The van der Waals surface area contributed by atoms with Crippen LogP contribution in [0.15, 0.2) is 63.7 Å². The maximum Gasteiger partial charge on any atom is 0.293 e. The standard InChI is InChI=1S/C18H16N2O3/c21-18(20-10-4-8-15(20)16-9-5-11-22-16)17-12-14(19-23-17)13-6-2-1-3-7-13/h1-3,5-7,9,11-12,15H,4,8,10H2/t15-/m0/s1. The normalized spacial score (nSPS) is 17.6.